The molecular formula is C14H17NO. The number of rotatable bonds is 2. The van der Waals surface area contributed by atoms with Crippen LogP contribution in [0.15, 0.2) is 36.4 Å². The van der Waals surface area contributed by atoms with E-state index in [2.05, 4.69) is 20.8 Å². The summed E-state index contributed by atoms with van der Waals surface area (Å²) < 4.78 is 1.07. The summed E-state index contributed by atoms with van der Waals surface area (Å²) in [5, 5.41) is 13.2. The highest BCUT2D eigenvalue weighted by Gasteiger charge is 2.19. The molecule has 2 rings (SSSR count). The second-order valence-corrected chi connectivity index (χ2v) is 4.64. The Labute approximate surface area is 96.1 Å². The van der Waals surface area contributed by atoms with Gasteiger partial charge in [-0.05, 0) is 18.1 Å². The van der Waals surface area contributed by atoms with Gasteiger partial charge in [-0.3, -0.25) is 0 Å². The van der Waals surface area contributed by atoms with Gasteiger partial charge in [-0.1, -0.05) is 32.9 Å². The Morgan fingerprint density at radius 2 is 1.69 bits per heavy atom. The van der Waals surface area contributed by atoms with Gasteiger partial charge in [-0.15, -0.1) is 0 Å². The van der Waals surface area contributed by atoms with Crippen molar-refractivity contribution < 1.29 is 4.73 Å². The molecule has 1 heterocycles. The van der Waals surface area contributed by atoms with E-state index in [0.29, 0.717) is 5.92 Å². The first-order valence-electron chi connectivity index (χ1n) is 5.72. The lowest BCUT2D eigenvalue weighted by Gasteiger charge is -2.16. The molecule has 0 saturated carbocycles. The molecule has 0 N–H and O–H groups in total. The summed E-state index contributed by atoms with van der Waals surface area (Å²) in [6.07, 6.45) is 0. The average Bonchev–Trinajstić information content (AvgIpc) is 2.29. The molecule has 16 heavy (non-hydrogen) atoms. The van der Waals surface area contributed by atoms with Gasteiger partial charge in [0.2, 0.25) is 5.52 Å². The number of pyridine rings is 1. The molecule has 0 amide bonds. The lowest BCUT2D eigenvalue weighted by atomic mass is 9.94. The van der Waals surface area contributed by atoms with Crippen molar-refractivity contribution in [3.63, 3.8) is 0 Å². The Balaban J connectivity index is 2.61. The SMILES string of the molecule is CC(C)C(C)c1ccc2ccccc2[n+]1[O-]. The lowest BCUT2D eigenvalue weighted by molar-refractivity contribution is -0.588. The Morgan fingerprint density at radius 3 is 2.38 bits per heavy atom. The predicted molar refractivity (Wildman–Crippen MR) is 66.2 cm³/mol. The number of para-hydroxylation sites is 1. The molecule has 0 aliphatic heterocycles. The first-order chi connectivity index (χ1) is 7.61. The molecule has 0 fully saturated rings. The van der Waals surface area contributed by atoms with Crippen molar-refractivity contribution in [3.8, 4) is 0 Å². The molecule has 0 saturated heterocycles. The number of aromatic nitrogens is 1. The molecule has 1 unspecified atom stereocenters. The molecule has 2 nitrogen and oxygen atoms in total. The van der Waals surface area contributed by atoms with E-state index in [0.717, 1.165) is 21.3 Å². The maximum atomic E-state index is 12.2. The normalized spacial score (nSPS) is 13.2. The zero-order chi connectivity index (χ0) is 11.7. The molecule has 1 aromatic carbocycles. The highest BCUT2D eigenvalue weighted by Crippen LogP contribution is 2.22. The molecular weight excluding hydrogens is 198 g/mol. The van der Waals surface area contributed by atoms with Crippen LogP contribution in [0.4, 0.5) is 0 Å². The van der Waals surface area contributed by atoms with Gasteiger partial charge < -0.3 is 5.21 Å². The van der Waals surface area contributed by atoms with Crippen molar-refractivity contribution in [2.24, 2.45) is 5.92 Å². The van der Waals surface area contributed by atoms with Gasteiger partial charge in [0.25, 0.3) is 0 Å². The van der Waals surface area contributed by atoms with Crippen LogP contribution in [0.3, 0.4) is 0 Å². The summed E-state index contributed by atoms with van der Waals surface area (Å²) >= 11 is 0. The van der Waals surface area contributed by atoms with Gasteiger partial charge >= 0.3 is 0 Å². The van der Waals surface area contributed by atoms with Crippen molar-refractivity contribution >= 4 is 10.9 Å². The summed E-state index contributed by atoms with van der Waals surface area (Å²) in [7, 11) is 0. The van der Waals surface area contributed by atoms with Crippen LogP contribution in [0.1, 0.15) is 32.4 Å². The van der Waals surface area contributed by atoms with Crippen LogP contribution in [0.2, 0.25) is 0 Å². The lowest BCUT2D eigenvalue weighted by Crippen LogP contribution is -2.34. The second-order valence-electron chi connectivity index (χ2n) is 4.64. The fourth-order valence-electron chi connectivity index (χ4n) is 1.87. The highest BCUT2D eigenvalue weighted by atomic mass is 16.5. The molecule has 0 bridgehead atoms. The minimum Gasteiger partial charge on any atom is -0.618 e. The van der Waals surface area contributed by atoms with Crippen LogP contribution in [0, 0.1) is 11.1 Å². The fraction of sp³-hybridized carbons (Fsp3) is 0.357. The van der Waals surface area contributed by atoms with Crippen molar-refractivity contribution in [2.45, 2.75) is 26.7 Å². The van der Waals surface area contributed by atoms with E-state index in [1.54, 1.807) is 0 Å². The zero-order valence-electron chi connectivity index (χ0n) is 9.97. The molecule has 1 atom stereocenters. The Kier molecular flexibility index (Phi) is 2.82. The smallest absolute Gasteiger partial charge is 0.223 e. The summed E-state index contributed by atoms with van der Waals surface area (Å²) in [6.45, 7) is 6.38. The van der Waals surface area contributed by atoms with Gasteiger partial charge in [0.1, 0.15) is 0 Å². The van der Waals surface area contributed by atoms with E-state index < -0.39 is 0 Å². The van der Waals surface area contributed by atoms with Gasteiger partial charge in [0, 0.05) is 23.4 Å². The molecule has 0 radical (unpaired) electrons. The quantitative estimate of drug-likeness (QED) is 0.558. The zero-order valence-corrected chi connectivity index (χ0v) is 9.97. The van der Waals surface area contributed by atoms with Crippen LogP contribution >= 0.6 is 0 Å². The predicted octanol–water partition coefficient (Wildman–Crippen LogP) is 3.23. The number of benzene rings is 1. The molecule has 0 aliphatic rings. The molecule has 2 aromatic rings. The Hall–Kier alpha value is -1.57. The molecule has 1 aromatic heterocycles. The van der Waals surface area contributed by atoms with E-state index in [1.165, 1.54) is 0 Å². The van der Waals surface area contributed by atoms with Crippen molar-refractivity contribution in [1.29, 1.82) is 0 Å². The number of nitrogens with zero attached hydrogens (tertiary/aromatic N) is 1. The van der Waals surface area contributed by atoms with E-state index in [4.69, 9.17) is 0 Å². The van der Waals surface area contributed by atoms with Gasteiger partial charge in [-0.25, -0.2) is 0 Å². The fourth-order valence-corrected chi connectivity index (χ4v) is 1.87. The second kappa shape index (κ2) is 4.12. The van der Waals surface area contributed by atoms with E-state index in [-0.39, 0.29) is 5.92 Å². The summed E-state index contributed by atoms with van der Waals surface area (Å²) in [4.78, 5) is 0. The standard InChI is InChI=1S/C14H17NO/c1-10(2)11(3)13-9-8-12-6-4-5-7-14(12)15(13)16/h4-11H,1-3H3. The van der Waals surface area contributed by atoms with E-state index in [1.807, 2.05) is 36.4 Å². The average molecular weight is 215 g/mol. The van der Waals surface area contributed by atoms with Gasteiger partial charge in [0.05, 0.1) is 0 Å². The molecule has 0 spiro atoms. The minimum absolute atomic E-state index is 0.280. The van der Waals surface area contributed by atoms with E-state index in [9.17, 15) is 5.21 Å². The van der Waals surface area contributed by atoms with Crippen LogP contribution < -0.4 is 4.73 Å². The minimum atomic E-state index is 0.280. The maximum absolute atomic E-state index is 12.2. The third-order valence-corrected chi connectivity index (χ3v) is 3.29. The van der Waals surface area contributed by atoms with Crippen molar-refractivity contribution in [2.75, 3.05) is 0 Å². The maximum Gasteiger partial charge on any atom is 0.223 e. The molecule has 2 heteroatoms. The third-order valence-electron chi connectivity index (χ3n) is 3.29. The van der Waals surface area contributed by atoms with Crippen LogP contribution in [-0.2, 0) is 0 Å². The third kappa shape index (κ3) is 1.75. The number of hydrogen-bond donors (Lipinski definition) is 0. The number of fused-ring (bicyclic) bond motifs is 1. The van der Waals surface area contributed by atoms with Crippen LogP contribution in [0.25, 0.3) is 10.9 Å². The summed E-state index contributed by atoms with van der Waals surface area (Å²) in [5.41, 5.74) is 1.61. The highest BCUT2D eigenvalue weighted by molar-refractivity contribution is 5.75. The van der Waals surface area contributed by atoms with Gasteiger partial charge in [0.15, 0.2) is 5.69 Å². The largest absolute Gasteiger partial charge is 0.618 e. The van der Waals surface area contributed by atoms with Crippen molar-refractivity contribution in [1.82, 2.24) is 0 Å². The first-order valence-corrected chi connectivity index (χ1v) is 5.72. The molecule has 0 aliphatic carbocycles. The summed E-state index contributed by atoms with van der Waals surface area (Å²) in [6, 6.07) is 11.7. The monoisotopic (exact) mass is 215 g/mol. The number of hydrogen-bond acceptors (Lipinski definition) is 1. The Morgan fingerprint density at radius 1 is 1.00 bits per heavy atom. The summed E-state index contributed by atoms with van der Waals surface area (Å²) in [5.74, 6) is 0.753. The van der Waals surface area contributed by atoms with E-state index >= 15 is 0 Å². The van der Waals surface area contributed by atoms with Gasteiger partial charge in [-0.2, -0.15) is 4.73 Å². The molecule has 84 valence electrons. The van der Waals surface area contributed by atoms with Crippen LogP contribution in [-0.4, -0.2) is 0 Å². The van der Waals surface area contributed by atoms with Crippen molar-refractivity contribution in [3.05, 3.63) is 47.3 Å². The topological polar surface area (TPSA) is 26.9 Å². The Bertz CT molecular complexity index is 505. The van der Waals surface area contributed by atoms with Crippen LogP contribution in [0.5, 0.6) is 0 Å². The first kappa shape index (κ1) is 10.9.